The highest BCUT2D eigenvalue weighted by atomic mass is 16.3. The molecule has 4 heteroatoms. The van der Waals surface area contributed by atoms with Crippen molar-refractivity contribution in [3.05, 3.63) is 29.5 Å². The van der Waals surface area contributed by atoms with Crippen molar-refractivity contribution in [3.63, 3.8) is 0 Å². The zero-order chi connectivity index (χ0) is 9.38. The summed E-state index contributed by atoms with van der Waals surface area (Å²) in [4.78, 5) is 6.54. The van der Waals surface area contributed by atoms with Gasteiger partial charge in [0.15, 0.2) is 6.39 Å². The van der Waals surface area contributed by atoms with E-state index in [4.69, 9.17) is 4.42 Å². The van der Waals surface area contributed by atoms with Gasteiger partial charge >= 0.3 is 0 Å². The quantitative estimate of drug-likeness (QED) is 0.687. The zero-order valence-corrected chi connectivity index (χ0v) is 7.99. The Morgan fingerprint density at radius 1 is 1.36 bits per heavy atom. The number of rotatable bonds is 2. The van der Waals surface area contributed by atoms with E-state index in [0.29, 0.717) is 0 Å². The molecule has 2 aliphatic rings. The van der Waals surface area contributed by atoms with Crippen molar-refractivity contribution in [2.24, 2.45) is 0 Å². The molecule has 0 spiro atoms. The lowest BCUT2D eigenvalue weighted by molar-refractivity contribution is 0.326. The smallest absolute Gasteiger partial charge is 0.180 e. The molecule has 0 fully saturated rings. The van der Waals surface area contributed by atoms with Crippen molar-refractivity contribution in [2.45, 2.75) is 6.54 Å². The summed E-state index contributed by atoms with van der Waals surface area (Å²) in [6, 6.07) is 0. The van der Waals surface area contributed by atoms with Gasteiger partial charge < -0.3 is 9.73 Å². The lowest BCUT2D eigenvalue weighted by Gasteiger charge is -2.15. The fourth-order valence-electron chi connectivity index (χ4n) is 2.20. The van der Waals surface area contributed by atoms with Crippen LogP contribution in [0.3, 0.4) is 0 Å². The Morgan fingerprint density at radius 3 is 2.79 bits per heavy atom. The van der Waals surface area contributed by atoms with E-state index in [1.54, 1.807) is 17.4 Å². The number of nitrogens with one attached hydrogen (secondary N) is 1. The molecule has 0 amide bonds. The molecule has 0 saturated carbocycles. The van der Waals surface area contributed by atoms with Gasteiger partial charge in [0.25, 0.3) is 0 Å². The summed E-state index contributed by atoms with van der Waals surface area (Å²) in [5, 5.41) is 3.37. The van der Waals surface area contributed by atoms with Gasteiger partial charge in [-0.05, 0) is 11.1 Å². The first kappa shape index (κ1) is 8.20. The van der Waals surface area contributed by atoms with E-state index in [1.165, 1.54) is 6.39 Å². The van der Waals surface area contributed by atoms with E-state index in [-0.39, 0.29) is 0 Å². The molecule has 74 valence electrons. The third-order valence-corrected chi connectivity index (χ3v) is 2.87. The average molecular weight is 191 g/mol. The minimum atomic E-state index is 0.906. The van der Waals surface area contributed by atoms with Crippen LogP contribution in [0, 0.1) is 0 Å². The largest absolute Gasteiger partial charge is 0.451 e. The van der Waals surface area contributed by atoms with Crippen LogP contribution >= 0.6 is 0 Å². The minimum Gasteiger partial charge on any atom is -0.451 e. The third-order valence-electron chi connectivity index (χ3n) is 2.87. The van der Waals surface area contributed by atoms with E-state index in [0.717, 1.165) is 38.4 Å². The summed E-state index contributed by atoms with van der Waals surface area (Å²) in [5.74, 6) is 0. The minimum absolute atomic E-state index is 0.906. The normalized spacial score (nSPS) is 22.0. The first-order valence-electron chi connectivity index (χ1n) is 4.92. The number of hydrogen-bond donors (Lipinski definition) is 1. The monoisotopic (exact) mass is 191 g/mol. The van der Waals surface area contributed by atoms with Gasteiger partial charge in [0.05, 0.1) is 5.69 Å². The van der Waals surface area contributed by atoms with E-state index in [1.807, 2.05) is 0 Å². The summed E-state index contributed by atoms with van der Waals surface area (Å²) in [5.41, 5.74) is 4.18. The molecule has 1 aromatic heterocycles. The number of nitrogens with zero attached hydrogens (tertiary/aromatic N) is 2. The van der Waals surface area contributed by atoms with Crippen LogP contribution in [0.15, 0.2) is 28.2 Å². The summed E-state index contributed by atoms with van der Waals surface area (Å²) in [6.07, 6.45) is 3.22. The van der Waals surface area contributed by atoms with Crippen molar-refractivity contribution < 1.29 is 4.42 Å². The van der Waals surface area contributed by atoms with Gasteiger partial charge in [-0.1, -0.05) is 0 Å². The second kappa shape index (κ2) is 3.22. The second-order valence-corrected chi connectivity index (χ2v) is 3.94. The Labute approximate surface area is 82.6 Å². The maximum atomic E-state index is 4.96. The van der Waals surface area contributed by atoms with Crippen molar-refractivity contribution in [3.8, 4) is 0 Å². The summed E-state index contributed by atoms with van der Waals surface area (Å²) < 4.78 is 4.96. The zero-order valence-electron chi connectivity index (χ0n) is 7.99. The van der Waals surface area contributed by atoms with Crippen LogP contribution in [0.5, 0.6) is 0 Å². The van der Waals surface area contributed by atoms with Gasteiger partial charge in [0.1, 0.15) is 6.26 Å². The van der Waals surface area contributed by atoms with Gasteiger partial charge in [-0.3, -0.25) is 4.90 Å². The Morgan fingerprint density at radius 2 is 2.14 bits per heavy atom. The molecule has 0 aromatic carbocycles. The molecular weight excluding hydrogens is 178 g/mol. The van der Waals surface area contributed by atoms with Crippen molar-refractivity contribution in [1.82, 2.24) is 15.2 Å². The first-order valence-corrected chi connectivity index (χ1v) is 4.92. The van der Waals surface area contributed by atoms with Crippen LogP contribution in [-0.4, -0.2) is 36.1 Å². The van der Waals surface area contributed by atoms with E-state index in [9.17, 15) is 0 Å². The van der Waals surface area contributed by atoms with Gasteiger partial charge in [0, 0.05) is 32.7 Å². The highest BCUT2D eigenvalue weighted by Crippen LogP contribution is 2.21. The SMILES string of the molecule is c1nc(CN2CC3=C(CNC3)C2)co1. The second-order valence-electron chi connectivity index (χ2n) is 3.94. The van der Waals surface area contributed by atoms with E-state index in [2.05, 4.69) is 15.2 Å². The summed E-state index contributed by atoms with van der Waals surface area (Å²) >= 11 is 0. The molecule has 0 saturated heterocycles. The molecule has 0 unspecified atom stereocenters. The standard InChI is InChI=1S/C10H13N3O/c1-8-3-13(4-9(8)2-11-1)5-10-6-14-7-12-10/h6-7,11H,1-5H2. The molecule has 0 aliphatic carbocycles. The third kappa shape index (κ3) is 1.36. The van der Waals surface area contributed by atoms with Gasteiger partial charge in [-0.15, -0.1) is 0 Å². The van der Waals surface area contributed by atoms with Crippen molar-refractivity contribution in [1.29, 1.82) is 0 Å². The molecular formula is C10H13N3O. The Kier molecular flexibility index (Phi) is 1.89. The lowest BCUT2D eigenvalue weighted by atomic mass is 10.2. The maximum absolute atomic E-state index is 4.96. The van der Waals surface area contributed by atoms with Crippen LogP contribution in [0.1, 0.15) is 5.69 Å². The Balaban J connectivity index is 1.63. The van der Waals surface area contributed by atoms with Crippen molar-refractivity contribution >= 4 is 0 Å². The molecule has 0 bridgehead atoms. The maximum Gasteiger partial charge on any atom is 0.180 e. The predicted octanol–water partition coefficient (Wildman–Crippen LogP) is 0.390. The molecule has 0 radical (unpaired) electrons. The lowest BCUT2D eigenvalue weighted by Crippen LogP contribution is -2.26. The molecule has 14 heavy (non-hydrogen) atoms. The molecule has 3 rings (SSSR count). The topological polar surface area (TPSA) is 41.3 Å². The Bertz CT molecular complexity index is 339. The number of hydrogen-bond acceptors (Lipinski definition) is 4. The first-order chi connectivity index (χ1) is 6.92. The van der Waals surface area contributed by atoms with Crippen LogP contribution in [0.2, 0.25) is 0 Å². The molecule has 1 N–H and O–H groups in total. The molecule has 3 heterocycles. The summed E-state index contributed by atoms with van der Waals surface area (Å²) in [6.45, 7) is 5.24. The Hall–Kier alpha value is -1.13. The predicted molar refractivity (Wildman–Crippen MR) is 51.7 cm³/mol. The van der Waals surface area contributed by atoms with E-state index >= 15 is 0 Å². The van der Waals surface area contributed by atoms with Gasteiger partial charge in [0.2, 0.25) is 0 Å². The highest BCUT2D eigenvalue weighted by molar-refractivity contribution is 5.29. The van der Waals surface area contributed by atoms with Crippen LogP contribution in [-0.2, 0) is 6.54 Å². The van der Waals surface area contributed by atoms with E-state index < -0.39 is 0 Å². The van der Waals surface area contributed by atoms with Crippen LogP contribution < -0.4 is 5.32 Å². The van der Waals surface area contributed by atoms with Gasteiger partial charge in [-0.25, -0.2) is 4.98 Å². The molecule has 4 nitrogen and oxygen atoms in total. The van der Waals surface area contributed by atoms with Crippen LogP contribution in [0.25, 0.3) is 0 Å². The van der Waals surface area contributed by atoms with Gasteiger partial charge in [-0.2, -0.15) is 0 Å². The fraction of sp³-hybridized carbons (Fsp3) is 0.500. The fourth-order valence-corrected chi connectivity index (χ4v) is 2.20. The van der Waals surface area contributed by atoms with Crippen LogP contribution in [0.4, 0.5) is 0 Å². The molecule has 2 aliphatic heterocycles. The highest BCUT2D eigenvalue weighted by Gasteiger charge is 2.25. The molecule has 1 aromatic rings. The number of aromatic nitrogens is 1. The van der Waals surface area contributed by atoms with Crippen molar-refractivity contribution in [2.75, 3.05) is 26.2 Å². The molecule has 0 atom stereocenters. The average Bonchev–Trinajstić information content (AvgIpc) is 2.78. The summed E-state index contributed by atoms with van der Waals surface area (Å²) in [7, 11) is 0. The number of oxazole rings is 1.